The molecule has 3 nitrogen and oxygen atoms in total. The number of halogens is 2. The summed E-state index contributed by atoms with van der Waals surface area (Å²) < 4.78 is 1.94. The lowest BCUT2D eigenvalue weighted by atomic mass is 9.97. The van der Waals surface area contributed by atoms with E-state index in [1.165, 1.54) is 16.7 Å². The van der Waals surface area contributed by atoms with Crippen LogP contribution in [0.4, 0.5) is 0 Å². The summed E-state index contributed by atoms with van der Waals surface area (Å²) in [6.45, 7) is 10.3. The van der Waals surface area contributed by atoms with Gasteiger partial charge in [0.05, 0.1) is 0 Å². The summed E-state index contributed by atoms with van der Waals surface area (Å²) in [6.07, 6.45) is 0.699. The normalized spacial score (nSPS) is 11.5. The number of nitrogens with zero attached hydrogens (tertiary/aromatic N) is 3. The summed E-state index contributed by atoms with van der Waals surface area (Å²) in [5.74, 6) is 1.36. The third-order valence-corrected chi connectivity index (χ3v) is 5.02. The lowest BCUT2D eigenvalue weighted by Gasteiger charge is -2.12. The molecule has 0 bridgehead atoms. The predicted molar refractivity (Wildman–Crippen MR) is 102 cm³/mol. The van der Waals surface area contributed by atoms with Crippen molar-refractivity contribution in [3.05, 3.63) is 51.1 Å². The highest BCUT2D eigenvalue weighted by atomic mass is 35.5. The molecule has 0 N–H and O–H groups in total. The van der Waals surface area contributed by atoms with Crippen LogP contribution in [-0.2, 0) is 6.42 Å². The summed E-state index contributed by atoms with van der Waals surface area (Å²) in [6, 6.07) is 4.36. The number of benzene rings is 1. The van der Waals surface area contributed by atoms with Gasteiger partial charge >= 0.3 is 0 Å². The highest BCUT2D eigenvalue weighted by Gasteiger charge is 2.20. The molecule has 0 saturated carbocycles. The molecule has 2 aromatic heterocycles. The molecule has 0 aliphatic rings. The number of aryl methyl sites for hydroxylation is 5. The molecule has 0 spiro atoms. The standard InChI is InChI=1S/C19H21Cl2N3/c1-10-8-11(2)16(12(3)9-10)17-19-22-13(4)15(6-7-20)18(21)24(19)14(5)23-17/h8-9H,6-7H2,1-5H3. The third kappa shape index (κ3) is 2.70. The van der Waals surface area contributed by atoms with Crippen molar-refractivity contribution in [3.63, 3.8) is 0 Å². The summed E-state index contributed by atoms with van der Waals surface area (Å²) in [5, 5.41) is 0.664. The van der Waals surface area contributed by atoms with E-state index in [4.69, 9.17) is 33.2 Å². The molecule has 3 aromatic rings. The van der Waals surface area contributed by atoms with Gasteiger partial charge in [-0.1, -0.05) is 29.3 Å². The van der Waals surface area contributed by atoms with Crippen molar-refractivity contribution in [1.29, 1.82) is 0 Å². The molecule has 0 atom stereocenters. The Bertz CT molecular complexity index is 919. The zero-order valence-corrected chi connectivity index (χ0v) is 16.2. The van der Waals surface area contributed by atoms with Crippen molar-refractivity contribution in [1.82, 2.24) is 14.4 Å². The van der Waals surface area contributed by atoms with E-state index in [9.17, 15) is 0 Å². The van der Waals surface area contributed by atoms with Gasteiger partial charge in [0.25, 0.3) is 0 Å². The van der Waals surface area contributed by atoms with Gasteiger partial charge in [-0.25, -0.2) is 9.97 Å². The minimum atomic E-state index is 0.518. The van der Waals surface area contributed by atoms with E-state index in [2.05, 4.69) is 32.9 Å². The Hall–Kier alpha value is -1.58. The number of alkyl halides is 1. The molecular weight excluding hydrogens is 341 g/mol. The van der Waals surface area contributed by atoms with Crippen LogP contribution in [0.2, 0.25) is 5.15 Å². The second-order valence-electron chi connectivity index (χ2n) is 6.35. The maximum atomic E-state index is 6.66. The SMILES string of the molecule is Cc1cc(C)c(-c2nc(C)n3c(Cl)c(CCCl)c(C)nc23)c(C)c1. The third-order valence-electron chi connectivity index (χ3n) is 4.43. The van der Waals surface area contributed by atoms with Crippen LogP contribution in [0.1, 0.15) is 33.8 Å². The molecule has 3 rings (SSSR count). The van der Waals surface area contributed by atoms with Crippen LogP contribution in [-0.4, -0.2) is 20.2 Å². The molecule has 126 valence electrons. The van der Waals surface area contributed by atoms with Gasteiger partial charge in [0.2, 0.25) is 0 Å². The molecule has 0 aliphatic heterocycles. The first-order chi connectivity index (χ1) is 11.3. The number of rotatable bonds is 3. The second kappa shape index (κ2) is 6.38. The molecule has 1 aromatic carbocycles. The fourth-order valence-electron chi connectivity index (χ4n) is 3.47. The second-order valence-corrected chi connectivity index (χ2v) is 7.08. The average Bonchev–Trinajstić information content (AvgIpc) is 2.79. The number of imidazole rings is 1. The summed E-state index contributed by atoms with van der Waals surface area (Å²) in [7, 11) is 0. The van der Waals surface area contributed by atoms with Gasteiger partial charge in [-0.3, -0.25) is 4.40 Å². The van der Waals surface area contributed by atoms with E-state index >= 15 is 0 Å². The maximum Gasteiger partial charge on any atom is 0.166 e. The quantitative estimate of drug-likeness (QED) is 0.463. The number of hydrogen-bond acceptors (Lipinski definition) is 2. The van der Waals surface area contributed by atoms with E-state index in [0.717, 1.165) is 34.0 Å². The summed E-state index contributed by atoms with van der Waals surface area (Å²) >= 11 is 12.6. The zero-order valence-electron chi connectivity index (χ0n) is 14.7. The minimum absolute atomic E-state index is 0.518. The van der Waals surface area contributed by atoms with E-state index < -0.39 is 0 Å². The molecule has 0 aliphatic carbocycles. The molecule has 24 heavy (non-hydrogen) atoms. The van der Waals surface area contributed by atoms with Crippen molar-refractivity contribution < 1.29 is 0 Å². The fourth-order valence-corrected chi connectivity index (χ4v) is 4.09. The van der Waals surface area contributed by atoms with E-state index in [1.807, 2.05) is 18.2 Å². The Morgan fingerprint density at radius 3 is 2.21 bits per heavy atom. The highest BCUT2D eigenvalue weighted by molar-refractivity contribution is 6.30. The van der Waals surface area contributed by atoms with Crippen LogP contribution >= 0.6 is 23.2 Å². The Labute approximate surface area is 152 Å². The van der Waals surface area contributed by atoms with Crippen LogP contribution in [0.25, 0.3) is 16.9 Å². The van der Waals surface area contributed by atoms with E-state index in [1.54, 1.807) is 0 Å². The molecule has 0 radical (unpaired) electrons. The molecular formula is C19H21Cl2N3. The Morgan fingerprint density at radius 2 is 1.62 bits per heavy atom. The monoisotopic (exact) mass is 361 g/mol. The lowest BCUT2D eigenvalue weighted by molar-refractivity contribution is 0.958. The van der Waals surface area contributed by atoms with Crippen LogP contribution < -0.4 is 0 Å². The Morgan fingerprint density at radius 1 is 1.00 bits per heavy atom. The molecule has 5 heteroatoms. The minimum Gasteiger partial charge on any atom is -0.270 e. The first-order valence-corrected chi connectivity index (χ1v) is 8.94. The van der Waals surface area contributed by atoms with Crippen LogP contribution in [0, 0.1) is 34.6 Å². The Kier molecular flexibility index (Phi) is 4.58. The predicted octanol–water partition coefficient (Wildman–Crippen LogP) is 5.37. The van der Waals surface area contributed by atoms with E-state index in [-0.39, 0.29) is 0 Å². The fraction of sp³-hybridized carbons (Fsp3) is 0.368. The van der Waals surface area contributed by atoms with Crippen LogP contribution in [0.5, 0.6) is 0 Å². The van der Waals surface area contributed by atoms with Gasteiger partial charge in [0, 0.05) is 22.7 Å². The van der Waals surface area contributed by atoms with Crippen molar-refractivity contribution in [2.75, 3.05) is 5.88 Å². The molecule has 0 unspecified atom stereocenters. The van der Waals surface area contributed by atoms with Gasteiger partial charge in [0.15, 0.2) is 5.65 Å². The molecule has 0 saturated heterocycles. The maximum absolute atomic E-state index is 6.66. The van der Waals surface area contributed by atoms with Gasteiger partial charge in [-0.15, -0.1) is 11.6 Å². The lowest BCUT2D eigenvalue weighted by Crippen LogP contribution is -2.03. The average molecular weight is 362 g/mol. The number of hydrogen-bond donors (Lipinski definition) is 0. The molecule has 0 fully saturated rings. The first-order valence-electron chi connectivity index (χ1n) is 8.03. The molecule has 2 heterocycles. The van der Waals surface area contributed by atoms with Gasteiger partial charge in [-0.05, 0) is 52.2 Å². The van der Waals surface area contributed by atoms with Gasteiger partial charge < -0.3 is 0 Å². The van der Waals surface area contributed by atoms with E-state index in [0.29, 0.717) is 17.5 Å². The van der Waals surface area contributed by atoms with Crippen molar-refractivity contribution >= 4 is 28.8 Å². The first kappa shape index (κ1) is 17.2. The van der Waals surface area contributed by atoms with Gasteiger partial charge in [0.1, 0.15) is 16.7 Å². The largest absolute Gasteiger partial charge is 0.270 e. The zero-order chi connectivity index (χ0) is 17.6. The smallest absolute Gasteiger partial charge is 0.166 e. The summed E-state index contributed by atoms with van der Waals surface area (Å²) in [4.78, 5) is 9.61. The van der Waals surface area contributed by atoms with Crippen molar-refractivity contribution in [3.8, 4) is 11.3 Å². The van der Waals surface area contributed by atoms with Crippen molar-refractivity contribution in [2.24, 2.45) is 0 Å². The number of aromatic nitrogens is 3. The van der Waals surface area contributed by atoms with Crippen LogP contribution in [0.15, 0.2) is 12.1 Å². The number of fused-ring (bicyclic) bond motifs is 1. The van der Waals surface area contributed by atoms with Crippen LogP contribution in [0.3, 0.4) is 0 Å². The van der Waals surface area contributed by atoms with Crippen molar-refractivity contribution in [2.45, 2.75) is 41.0 Å². The summed E-state index contributed by atoms with van der Waals surface area (Å²) in [5.41, 5.74) is 8.40. The van der Waals surface area contributed by atoms with Gasteiger partial charge in [-0.2, -0.15) is 0 Å². The molecule has 0 amide bonds. The highest BCUT2D eigenvalue weighted by Crippen LogP contribution is 2.33. The Balaban J connectivity index is 2.37. The topological polar surface area (TPSA) is 30.2 Å².